The minimum atomic E-state index is 0. The second-order valence-corrected chi connectivity index (χ2v) is 7.80. The number of carbonyl (C=O) groups excluding carboxylic acids is 1. The van der Waals surface area contributed by atoms with Gasteiger partial charge in [-0.2, -0.15) is 4.98 Å². The summed E-state index contributed by atoms with van der Waals surface area (Å²) in [6.45, 7) is 2.56. The highest BCUT2D eigenvalue weighted by Crippen LogP contribution is 2.34. The fraction of sp³-hybridized carbons (Fsp3) is 0.200. The number of halogens is 1. The van der Waals surface area contributed by atoms with Crippen molar-refractivity contribution in [3.8, 4) is 17.1 Å². The van der Waals surface area contributed by atoms with Gasteiger partial charge in [-0.25, -0.2) is 0 Å². The molecule has 1 fully saturated rings. The summed E-state index contributed by atoms with van der Waals surface area (Å²) in [6, 6.07) is 23.4. The van der Waals surface area contributed by atoms with Crippen molar-refractivity contribution in [1.82, 2.24) is 14.5 Å². The number of rotatable bonds is 3. The Balaban J connectivity index is 0.00000245. The van der Waals surface area contributed by atoms with Crippen LogP contribution < -0.4 is 4.90 Å². The Morgan fingerprint density at radius 1 is 0.875 bits per heavy atom. The number of hydrogen-bond acceptors (Lipinski definition) is 4. The molecule has 2 aromatic carbocycles. The zero-order valence-corrected chi connectivity index (χ0v) is 18.6. The number of para-hydroxylation sites is 1. The van der Waals surface area contributed by atoms with Crippen LogP contribution in [0.1, 0.15) is 10.4 Å². The molecule has 0 aliphatic carbocycles. The van der Waals surface area contributed by atoms with Gasteiger partial charge in [0.1, 0.15) is 5.82 Å². The lowest BCUT2D eigenvalue weighted by atomic mass is 10.0. The highest BCUT2D eigenvalue weighted by molar-refractivity contribution is 6.12. The quantitative estimate of drug-likeness (QED) is 0.506. The Hall–Kier alpha value is -3.51. The molecule has 32 heavy (non-hydrogen) atoms. The van der Waals surface area contributed by atoms with Crippen LogP contribution >= 0.6 is 12.4 Å². The fourth-order valence-corrected chi connectivity index (χ4v) is 4.43. The lowest BCUT2D eigenvalue weighted by Crippen LogP contribution is -2.49. The van der Waals surface area contributed by atoms with Gasteiger partial charge in [-0.15, -0.1) is 12.4 Å². The summed E-state index contributed by atoms with van der Waals surface area (Å²) in [5.41, 5.74) is 3.79. The Kier molecular flexibility index (Phi) is 6.06. The van der Waals surface area contributed by atoms with Crippen molar-refractivity contribution in [3.05, 3.63) is 78.4 Å². The molecule has 3 heterocycles. The molecule has 0 atom stereocenters. The second-order valence-electron chi connectivity index (χ2n) is 7.80. The van der Waals surface area contributed by atoms with Gasteiger partial charge in [0.25, 0.3) is 5.91 Å². The van der Waals surface area contributed by atoms with Crippen LogP contribution in [0.4, 0.5) is 5.82 Å². The molecule has 2 aromatic heterocycles. The highest BCUT2D eigenvalue weighted by atomic mass is 35.5. The van der Waals surface area contributed by atoms with Crippen molar-refractivity contribution in [2.24, 2.45) is 7.05 Å². The lowest BCUT2D eigenvalue weighted by Gasteiger charge is -2.35. The summed E-state index contributed by atoms with van der Waals surface area (Å²) >= 11 is 0. The molecule has 5 rings (SSSR count). The summed E-state index contributed by atoms with van der Waals surface area (Å²) in [5, 5.41) is 10.6. The van der Waals surface area contributed by atoms with Crippen LogP contribution in [-0.2, 0) is 7.05 Å². The molecular formula is C25H25ClN4O2. The Morgan fingerprint density at radius 3 is 2.28 bits per heavy atom. The molecule has 0 bridgehead atoms. The third-order valence-corrected chi connectivity index (χ3v) is 5.98. The molecule has 1 aliphatic rings. The van der Waals surface area contributed by atoms with E-state index in [1.54, 1.807) is 12.1 Å². The third kappa shape index (κ3) is 3.78. The van der Waals surface area contributed by atoms with E-state index in [1.807, 2.05) is 54.4 Å². The number of fused-ring (bicyclic) bond motifs is 1. The van der Waals surface area contributed by atoms with Crippen molar-refractivity contribution in [2.75, 3.05) is 31.1 Å². The summed E-state index contributed by atoms with van der Waals surface area (Å²) in [7, 11) is 2.02. The van der Waals surface area contributed by atoms with Crippen LogP contribution in [-0.4, -0.2) is 51.6 Å². The number of benzene rings is 2. The van der Waals surface area contributed by atoms with E-state index in [-0.39, 0.29) is 24.2 Å². The van der Waals surface area contributed by atoms with Crippen molar-refractivity contribution >= 4 is 35.0 Å². The number of aryl methyl sites for hydroxylation is 1. The zero-order valence-electron chi connectivity index (χ0n) is 17.8. The average molecular weight is 449 g/mol. The van der Waals surface area contributed by atoms with E-state index in [4.69, 9.17) is 0 Å². The molecular weight excluding hydrogens is 424 g/mol. The number of nitrogens with zero attached hydrogens (tertiary/aromatic N) is 4. The Labute approximate surface area is 193 Å². The molecule has 0 spiro atoms. The first kappa shape index (κ1) is 21.7. The first-order valence-electron chi connectivity index (χ1n) is 10.5. The number of piperazine rings is 1. The monoisotopic (exact) mass is 448 g/mol. The first-order valence-corrected chi connectivity index (χ1v) is 10.5. The maximum atomic E-state index is 13.8. The lowest BCUT2D eigenvalue weighted by molar-refractivity contribution is 0.0749. The normalized spacial score (nSPS) is 13.8. The predicted octanol–water partition coefficient (Wildman–Crippen LogP) is 4.33. The maximum absolute atomic E-state index is 13.8. The molecule has 6 nitrogen and oxygen atoms in total. The molecule has 1 saturated heterocycles. The first-order chi connectivity index (χ1) is 15.1. The van der Waals surface area contributed by atoms with Crippen LogP contribution in [0.25, 0.3) is 22.2 Å². The number of amides is 1. The van der Waals surface area contributed by atoms with E-state index < -0.39 is 0 Å². The minimum absolute atomic E-state index is 0. The molecule has 4 aromatic rings. The molecule has 1 aliphatic heterocycles. The number of anilines is 1. The highest BCUT2D eigenvalue weighted by Gasteiger charge is 2.28. The van der Waals surface area contributed by atoms with Crippen LogP contribution in [0.15, 0.2) is 72.8 Å². The molecule has 0 radical (unpaired) electrons. The van der Waals surface area contributed by atoms with Crippen molar-refractivity contribution in [2.45, 2.75) is 0 Å². The van der Waals surface area contributed by atoms with E-state index in [9.17, 15) is 9.90 Å². The summed E-state index contributed by atoms with van der Waals surface area (Å²) in [4.78, 5) is 22.0. The fourth-order valence-electron chi connectivity index (χ4n) is 4.43. The van der Waals surface area contributed by atoms with E-state index in [2.05, 4.69) is 32.7 Å². The second kappa shape index (κ2) is 8.93. The predicted molar refractivity (Wildman–Crippen MR) is 130 cm³/mol. The molecule has 7 heteroatoms. The standard InChI is InChI=1S/C25H24N4O2.ClH/c1-27-20-11-6-5-10-19(20)23(24(27)18-8-3-2-4-9-18)25(31)29-16-14-28(15-17-29)21-12-7-13-22(30)26-21;/h2-13H,14-17H2,1H3,(H,26,30);1H. The largest absolute Gasteiger partial charge is 0.493 e. The van der Waals surface area contributed by atoms with Crippen molar-refractivity contribution in [3.63, 3.8) is 0 Å². The van der Waals surface area contributed by atoms with Gasteiger partial charge in [0.2, 0.25) is 5.88 Å². The van der Waals surface area contributed by atoms with Gasteiger partial charge in [0.15, 0.2) is 0 Å². The molecule has 0 saturated carbocycles. The van der Waals surface area contributed by atoms with E-state index in [0.717, 1.165) is 33.5 Å². The zero-order chi connectivity index (χ0) is 21.4. The van der Waals surface area contributed by atoms with E-state index in [1.165, 1.54) is 0 Å². The van der Waals surface area contributed by atoms with Gasteiger partial charge < -0.3 is 19.5 Å². The number of hydrogen-bond donors (Lipinski definition) is 1. The number of carbonyl (C=O) groups is 1. The minimum Gasteiger partial charge on any atom is -0.493 e. The van der Waals surface area contributed by atoms with Crippen LogP contribution in [0.5, 0.6) is 5.88 Å². The molecule has 164 valence electrons. The van der Waals surface area contributed by atoms with Crippen LogP contribution in [0, 0.1) is 0 Å². The summed E-state index contributed by atoms with van der Waals surface area (Å²) in [6.07, 6.45) is 0. The Morgan fingerprint density at radius 2 is 1.56 bits per heavy atom. The van der Waals surface area contributed by atoms with Gasteiger partial charge in [-0.05, 0) is 17.7 Å². The SMILES string of the molecule is Cl.Cn1c(-c2ccccc2)c(C(=O)N2CCN(c3cccc(O)n3)CC2)c2ccccc21. The topological polar surface area (TPSA) is 61.6 Å². The number of pyridine rings is 1. The van der Waals surface area contributed by atoms with Gasteiger partial charge in [-0.3, -0.25) is 4.79 Å². The van der Waals surface area contributed by atoms with Gasteiger partial charge in [-0.1, -0.05) is 54.6 Å². The van der Waals surface area contributed by atoms with Crippen molar-refractivity contribution < 1.29 is 9.90 Å². The number of aromatic nitrogens is 2. The van der Waals surface area contributed by atoms with Gasteiger partial charge in [0.05, 0.1) is 11.3 Å². The Bertz CT molecular complexity index is 1250. The maximum Gasteiger partial charge on any atom is 0.256 e. The molecule has 0 unspecified atom stereocenters. The van der Waals surface area contributed by atoms with Crippen LogP contribution in [0.2, 0.25) is 0 Å². The van der Waals surface area contributed by atoms with Crippen molar-refractivity contribution in [1.29, 1.82) is 0 Å². The van der Waals surface area contributed by atoms with E-state index >= 15 is 0 Å². The third-order valence-electron chi connectivity index (χ3n) is 5.98. The molecule has 1 amide bonds. The average Bonchev–Trinajstić information content (AvgIpc) is 3.12. The van der Waals surface area contributed by atoms with Gasteiger partial charge >= 0.3 is 0 Å². The van der Waals surface area contributed by atoms with E-state index in [0.29, 0.717) is 26.2 Å². The van der Waals surface area contributed by atoms with Gasteiger partial charge in [0, 0.05) is 50.2 Å². The summed E-state index contributed by atoms with van der Waals surface area (Å²) in [5.74, 6) is 0.806. The smallest absolute Gasteiger partial charge is 0.256 e. The molecule has 1 N–H and O–H groups in total. The van der Waals surface area contributed by atoms with Crippen LogP contribution in [0.3, 0.4) is 0 Å². The summed E-state index contributed by atoms with van der Waals surface area (Å²) < 4.78 is 2.12. The number of aromatic hydroxyl groups is 1.